The number of rotatable bonds is 6. The predicted molar refractivity (Wildman–Crippen MR) is 77.5 cm³/mol. The third-order valence-corrected chi connectivity index (χ3v) is 2.69. The molecule has 0 bridgehead atoms. The van der Waals surface area contributed by atoms with E-state index in [4.69, 9.17) is 10.5 Å². The first-order valence-corrected chi connectivity index (χ1v) is 6.38. The lowest BCUT2D eigenvalue weighted by atomic mass is 10.1. The monoisotopic (exact) mass is 285 g/mol. The fourth-order valence-corrected chi connectivity index (χ4v) is 1.78. The molecule has 0 saturated heterocycles. The van der Waals surface area contributed by atoms with Gasteiger partial charge in [-0.05, 0) is 11.6 Å². The number of carbonyl (C=O) groups is 2. The second-order valence-corrected chi connectivity index (χ2v) is 4.28. The molecule has 2 rings (SSSR count). The van der Waals surface area contributed by atoms with E-state index in [-0.39, 0.29) is 6.61 Å². The maximum absolute atomic E-state index is 11.4. The van der Waals surface area contributed by atoms with E-state index < -0.39 is 18.5 Å². The van der Waals surface area contributed by atoms with Crippen LogP contribution >= 0.6 is 0 Å². The maximum Gasteiger partial charge on any atom is 0.344 e. The first kappa shape index (κ1) is 14.6. The minimum Gasteiger partial charge on any atom is -0.481 e. The summed E-state index contributed by atoms with van der Waals surface area (Å²) in [6.45, 7) is -0.723. The Bertz CT molecular complexity index is 625. The Morgan fingerprint density at radius 3 is 2.29 bits per heavy atom. The van der Waals surface area contributed by atoms with Gasteiger partial charge in [0, 0.05) is 5.56 Å². The molecule has 0 fully saturated rings. The first-order chi connectivity index (χ1) is 10.2. The molecule has 108 valence electrons. The Balaban J connectivity index is 2.04. The number of hydrogen-bond donors (Lipinski definition) is 1. The van der Waals surface area contributed by atoms with Gasteiger partial charge in [-0.25, -0.2) is 4.79 Å². The van der Waals surface area contributed by atoms with Gasteiger partial charge in [-0.15, -0.1) is 0 Å². The number of para-hydroxylation sites is 1. The van der Waals surface area contributed by atoms with E-state index >= 15 is 0 Å². The lowest BCUT2D eigenvalue weighted by molar-refractivity contribution is -0.149. The Hall–Kier alpha value is -2.82. The molecule has 0 heterocycles. The zero-order valence-corrected chi connectivity index (χ0v) is 11.3. The van der Waals surface area contributed by atoms with Gasteiger partial charge >= 0.3 is 5.97 Å². The van der Waals surface area contributed by atoms with Gasteiger partial charge in [-0.1, -0.05) is 48.5 Å². The van der Waals surface area contributed by atoms with Gasteiger partial charge in [0.25, 0.3) is 5.91 Å². The molecular formula is C16H15NO4. The molecular weight excluding hydrogens is 270 g/mol. The van der Waals surface area contributed by atoms with Crippen molar-refractivity contribution in [2.24, 2.45) is 5.73 Å². The summed E-state index contributed by atoms with van der Waals surface area (Å²) in [6.07, 6.45) is 0. The molecule has 0 radical (unpaired) electrons. The van der Waals surface area contributed by atoms with Crippen molar-refractivity contribution in [1.82, 2.24) is 0 Å². The topological polar surface area (TPSA) is 78.6 Å². The van der Waals surface area contributed by atoms with E-state index in [0.29, 0.717) is 5.75 Å². The molecule has 21 heavy (non-hydrogen) atoms. The number of carbonyl (C=O) groups excluding carboxylic acids is 2. The number of benzene rings is 2. The highest BCUT2D eigenvalue weighted by Gasteiger charge is 2.09. The molecule has 0 aliphatic heterocycles. The molecule has 2 aromatic rings. The molecule has 0 atom stereocenters. The van der Waals surface area contributed by atoms with Crippen LogP contribution in [0.3, 0.4) is 0 Å². The molecule has 1 amide bonds. The van der Waals surface area contributed by atoms with Crippen molar-refractivity contribution in [1.29, 1.82) is 0 Å². The van der Waals surface area contributed by atoms with Crippen molar-refractivity contribution >= 4 is 11.9 Å². The van der Waals surface area contributed by atoms with Gasteiger partial charge in [-0.2, -0.15) is 0 Å². The summed E-state index contributed by atoms with van der Waals surface area (Å²) in [5.74, 6) is -0.774. The highest BCUT2D eigenvalue weighted by Crippen LogP contribution is 2.29. The normalized spacial score (nSPS) is 9.90. The summed E-state index contributed by atoms with van der Waals surface area (Å²) >= 11 is 0. The summed E-state index contributed by atoms with van der Waals surface area (Å²) in [5, 5.41) is 0. The van der Waals surface area contributed by atoms with Crippen molar-refractivity contribution in [2.45, 2.75) is 0 Å². The van der Waals surface area contributed by atoms with Crippen LogP contribution in [0.15, 0.2) is 54.6 Å². The van der Waals surface area contributed by atoms with Crippen LogP contribution in [0.5, 0.6) is 5.75 Å². The average Bonchev–Trinajstić information content (AvgIpc) is 2.52. The van der Waals surface area contributed by atoms with Crippen molar-refractivity contribution in [3.05, 3.63) is 54.6 Å². The third-order valence-electron chi connectivity index (χ3n) is 2.69. The fraction of sp³-hybridized carbons (Fsp3) is 0.125. The standard InChI is InChI=1S/C16H15NO4/c17-15(18)10-21-16(19)11-20-14-9-5-4-8-13(14)12-6-2-1-3-7-12/h1-9H,10-11H2,(H2,17,18). The van der Waals surface area contributed by atoms with E-state index in [1.54, 1.807) is 6.07 Å². The Morgan fingerprint density at radius 2 is 1.57 bits per heavy atom. The van der Waals surface area contributed by atoms with Crippen molar-refractivity contribution < 1.29 is 19.1 Å². The fourth-order valence-electron chi connectivity index (χ4n) is 1.78. The van der Waals surface area contributed by atoms with Crippen LogP contribution in [0.25, 0.3) is 11.1 Å². The van der Waals surface area contributed by atoms with Crippen LogP contribution in [-0.4, -0.2) is 25.1 Å². The number of esters is 1. The SMILES string of the molecule is NC(=O)COC(=O)COc1ccccc1-c1ccccc1. The number of hydrogen-bond acceptors (Lipinski definition) is 4. The average molecular weight is 285 g/mol. The van der Waals surface area contributed by atoms with Crippen LogP contribution in [-0.2, 0) is 14.3 Å². The molecule has 0 aromatic heterocycles. The minimum atomic E-state index is -0.701. The van der Waals surface area contributed by atoms with Gasteiger partial charge in [0.1, 0.15) is 5.75 Å². The van der Waals surface area contributed by atoms with E-state index in [1.165, 1.54) is 0 Å². The smallest absolute Gasteiger partial charge is 0.344 e. The van der Waals surface area contributed by atoms with Crippen LogP contribution in [0.1, 0.15) is 0 Å². The molecule has 0 aliphatic carbocycles. The van der Waals surface area contributed by atoms with Gasteiger partial charge < -0.3 is 15.2 Å². The van der Waals surface area contributed by atoms with Crippen molar-refractivity contribution in [3.8, 4) is 16.9 Å². The molecule has 0 saturated carbocycles. The lowest BCUT2D eigenvalue weighted by Gasteiger charge is -2.11. The zero-order valence-electron chi connectivity index (χ0n) is 11.3. The minimum absolute atomic E-state index is 0.281. The quantitative estimate of drug-likeness (QED) is 0.820. The van der Waals surface area contributed by atoms with Gasteiger partial charge in [0.2, 0.25) is 0 Å². The Labute approximate surface area is 122 Å². The summed E-state index contributed by atoms with van der Waals surface area (Å²) in [7, 11) is 0. The summed E-state index contributed by atoms with van der Waals surface area (Å²) in [4.78, 5) is 21.9. The second-order valence-electron chi connectivity index (χ2n) is 4.28. The number of amides is 1. The molecule has 2 aromatic carbocycles. The highest BCUT2D eigenvalue weighted by atomic mass is 16.6. The van der Waals surface area contributed by atoms with Crippen molar-refractivity contribution in [2.75, 3.05) is 13.2 Å². The predicted octanol–water partition coefficient (Wildman–Crippen LogP) is 1.76. The zero-order chi connectivity index (χ0) is 15.1. The van der Waals surface area contributed by atoms with Crippen LogP contribution in [0.2, 0.25) is 0 Å². The maximum atomic E-state index is 11.4. The van der Waals surface area contributed by atoms with Gasteiger partial charge in [-0.3, -0.25) is 4.79 Å². The highest BCUT2D eigenvalue weighted by molar-refractivity contribution is 5.79. The van der Waals surface area contributed by atoms with E-state index in [1.807, 2.05) is 48.5 Å². The van der Waals surface area contributed by atoms with E-state index in [0.717, 1.165) is 11.1 Å². The number of primary amides is 1. The largest absolute Gasteiger partial charge is 0.481 e. The first-order valence-electron chi connectivity index (χ1n) is 6.38. The van der Waals surface area contributed by atoms with Crippen LogP contribution < -0.4 is 10.5 Å². The number of nitrogens with two attached hydrogens (primary N) is 1. The molecule has 0 unspecified atom stereocenters. The lowest BCUT2D eigenvalue weighted by Crippen LogP contribution is -2.23. The Morgan fingerprint density at radius 1 is 0.905 bits per heavy atom. The molecule has 0 spiro atoms. The van der Waals surface area contributed by atoms with Gasteiger partial charge in [0.05, 0.1) is 0 Å². The second kappa shape index (κ2) is 7.09. The summed E-state index contributed by atoms with van der Waals surface area (Å²) in [6, 6.07) is 17.1. The van der Waals surface area contributed by atoms with Gasteiger partial charge in [0.15, 0.2) is 13.2 Å². The van der Waals surface area contributed by atoms with E-state index in [9.17, 15) is 9.59 Å². The Kier molecular flexibility index (Phi) is 4.93. The third kappa shape index (κ3) is 4.35. The number of ether oxygens (including phenoxy) is 2. The van der Waals surface area contributed by atoms with Crippen molar-refractivity contribution in [3.63, 3.8) is 0 Å². The molecule has 2 N–H and O–H groups in total. The summed E-state index contributed by atoms with van der Waals surface area (Å²) in [5.41, 5.74) is 6.75. The van der Waals surface area contributed by atoms with Crippen LogP contribution in [0, 0.1) is 0 Å². The summed E-state index contributed by atoms with van der Waals surface area (Å²) < 4.78 is 10.1. The molecule has 0 aliphatic rings. The molecule has 5 nitrogen and oxygen atoms in total. The molecule has 5 heteroatoms. The van der Waals surface area contributed by atoms with E-state index in [2.05, 4.69) is 4.74 Å². The van der Waals surface area contributed by atoms with Crippen LogP contribution in [0.4, 0.5) is 0 Å².